The van der Waals surface area contributed by atoms with Gasteiger partial charge in [0, 0.05) is 32.0 Å². The van der Waals surface area contributed by atoms with Crippen LogP contribution in [0.2, 0.25) is 0 Å². The largest absolute Gasteiger partial charge is 0.385 e. The minimum atomic E-state index is -0.235. The summed E-state index contributed by atoms with van der Waals surface area (Å²) in [6, 6.07) is 4.06. The van der Waals surface area contributed by atoms with E-state index < -0.39 is 0 Å². The molecule has 1 saturated heterocycles. The third-order valence-electron chi connectivity index (χ3n) is 2.96. The summed E-state index contributed by atoms with van der Waals surface area (Å²) in [5.74, 6) is 0.124. The highest BCUT2D eigenvalue weighted by Crippen LogP contribution is 2.07. The number of rotatable bonds is 4. The number of ether oxygens (including phenoxy) is 1. The molecule has 1 atom stereocenters. The third-order valence-corrected chi connectivity index (χ3v) is 2.96. The van der Waals surface area contributed by atoms with Gasteiger partial charge in [-0.25, -0.2) is 0 Å². The van der Waals surface area contributed by atoms with Crippen LogP contribution in [0.4, 0.5) is 0 Å². The third kappa shape index (κ3) is 3.51. The van der Waals surface area contributed by atoms with Gasteiger partial charge in [-0.15, -0.1) is 0 Å². The molecule has 0 saturated carbocycles. The van der Waals surface area contributed by atoms with Crippen molar-refractivity contribution in [2.45, 2.75) is 12.5 Å². The molecule has 17 heavy (non-hydrogen) atoms. The maximum Gasteiger partial charge on any atom is 0.127 e. The summed E-state index contributed by atoms with van der Waals surface area (Å²) in [6.07, 6.45) is 4.38. The van der Waals surface area contributed by atoms with Crippen LogP contribution in [0.3, 0.4) is 0 Å². The Hall–Kier alpha value is -1.46. The van der Waals surface area contributed by atoms with Crippen LogP contribution < -0.4 is 5.73 Å². The quantitative estimate of drug-likeness (QED) is 0.579. The Balaban J connectivity index is 1.81. The van der Waals surface area contributed by atoms with Crippen molar-refractivity contribution < 1.29 is 4.74 Å². The summed E-state index contributed by atoms with van der Waals surface area (Å²) >= 11 is 0. The van der Waals surface area contributed by atoms with Crippen LogP contribution in [0.1, 0.15) is 5.56 Å². The summed E-state index contributed by atoms with van der Waals surface area (Å²) in [7, 11) is 0. The molecule has 0 aromatic carbocycles. The summed E-state index contributed by atoms with van der Waals surface area (Å²) in [5.41, 5.74) is 6.74. The van der Waals surface area contributed by atoms with E-state index in [9.17, 15) is 0 Å². The van der Waals surface area contributed by atoms with Gasteiger partial charge in [-0.3, -0.25) is 15.3 Å². The number of aromatic nitrogens is 1. The second-order valence-electron chi connectivity index (χ2n) is 4.22. The molecule has 1 aromatic rings. The summed E-state index contributed by atoms with van der Waals surface area (Å²) < 4.78 is 5.42. The lowest BCUT2D eigenvalue weighted by Gasteiger charge is -2.32. The number of nitrogens with one attached hydrogen (secondary N) is 1. The summed E-state index contributed by atoms with van der Waals surface area (Å²) in [5, 5.41) is 7.39. The Bertz CT molecular complexity index is 368. The van der Waals surface area contributed by atoms with Gasteiger partial charge in [-0.05, 0) is 24.1 Å². The van der Waals surface area contributed by atoms with Gasteiger partial charge in [0.2, 0.25) is 0 Å². The number of amidine groups is 1. The van der Waals surface area contributed by atoms with Crippen LogP contribution >= 0.6 is 0 Å². The topological polar surface area (TPSA) is 75.2 Å². The molecular formula is C12H18N4O. The van der Waals surface area contributed by atoms with Crippen LogP contribution in [0.5, 0.6) is 0 Å². The average Bonchev–Trinajstić information content (AvgIpc) is 2.38. The molecule has 0 aliphatic carbocycles. The Morgan fingerprint density at radius 2 is 2.29 bits per heavy atom. The number of hydrogen-bond acceptors (Lipinski definition) is 4. The van der Waals surface area contributed by atoms with Crippen LogP contribution in [-0.4, -0.2) is 48.1 Å². The average molecular weight is 234 g/mol. The fourth-order valence-corrected chi connectivity index (χ4v) is 1.93. The number of pyridine rings is 1. The number of morpholine rings is 1. The molecule has 1 aliphatic rings. The van der Waals surface area contributed by atoms with Gasteiger partial charge < -0.3 is 10.5 Å². The molecule has 1 aromatic heterocycles. The zero-order valence-electron chi connectivity index (χ0n) is 9.80. The minimum absolute atomic E-state index is 0.124. The Morgan fingerprint density at radius 1 is 1.53 bits per heavy atom. The van der Waals surface area contributed by atoms with Crippen molar-refractivity contribution in [2.75, 3.05) is 26.2 Å². The molecule has 92 valence electrons. The highest BCUT2D eigenvalue weighted by Gasteiger charge is 2.22. The molecule has 0 radical (unpaired) electrons. The van der Waals surface area contributed by atoms with E-state index in [4.69, 9.17) is 15.9 Å². The molecule has 0 amide bonds. The van der Waals surface area contributed by atoms with E-state index in [1.807, 2.05) is 24.5 Å². The van der Waals surface area contributed by atoms with Crippen molar-refractivity contribution in [1.82, 2.24) is 9.88 Å². The first-order chi connectivity index (χ1) is 8.25. The molecule has 1 aliphatic heterocycles. The fourth-order valence-electron chi connectivity index (χ4n) is 1.93. The zero-order chi connectivity index (χ0) is 12.1. The van der Waals surface area contributed by atoms with Gasteiger partial charge >= 0.3 is 0 Å². The predicted octanol–water partition coefficient (Wildman–Crippen LogP) is 0.261. The summed E-state index contributed by atoms with van der Waals surface area (Å²) in [6.45, 7) is 3.26. The molecule has 5 nitrogen and oxygen atoms in total. The molecule has 2 rings (SSSR count). The van der Waals surface area contributed by atoms with Crippen molar-refractivity contribution in [3.8, 4) is 0 Å². The normalized spacial score (nSPS) is 21.3. The molecular weight excluding hydrogens is 216 g/mol. The molecule has 5 heteroatoms. The molecule has 1 fully saturated rings. The highest BCUT2D eigenvalue weighted by atomic mass is 16.5. The maximum atomic E-state index is 7.39. The van der Waals surface area contributed by atoms with E-state index in [0.717, 1.165) is 26.1 Å². The molecule has 1 unspecified atom stereocenters. The lowest BCUT2D eigenvalue weighted by molar-refractivity contribution is 0.00617. The van der Waals surface area contributed by atoms with E-state index in [1.165, 1.54) is 5.56 Å². The van der Waals surface area contributed by atoms with Crippen molar-refractivity contribution >= 4 is 5.84 Å². The van der Waals surface area contributed by atoms with Gasteiger partial charge in [0.25, 0.3) is 0 Å². The van der Waals surface area contributed by atoms with Crippen LogP contribution in [-0.2, 0) is 11.2 Å². The van der Waals surface area contributed by atoms with Gasteiger partial charge in [-0.2, -0.15) is 0 Å². The van der Waals surface area contributed by atoms with E-state index in [-0.39, 0.29) is 11.9 Å². The fraction of sp³-hybridized carbons (Fsp3) is 0.500. The molecule has 0 bridgehead atoms. The highest BCUT2D eigenvalue weighted by molar-refractivity contribution is 5.82. The lowest BCUT2D eigenvalue weighted by atomic mass is 10.1. The van der Waals surface area contributed by atoms with Crippen LogP contribution in [0.15, 0.2) is 24.5 Å². The first-order valence-electron chi connectivity index (χ1n) is 5.82. The van der Waals surface area contributed by atoms with Crippen molar-refractivity contribution in [3.63, 3.8) is 0 Å². The lowest BCUT2D eigenvalue weighted by Crippen LogP contribution is -2.48. The summed E-state index contributed by atoms with van der Waals surface area (Å²) in [4.78, 5) is 6.28. The van der Waals surface area contributed by atoms with Crippen molar-refractivity contribution in [2.24, 2.45) is 5.73 Å². The first-order valence-corrected chi connectivity index (χ1v) is 5.82. The SMILES string of the molecule is N=C(N)C1CN(CCc2ccncc2)CCO1. The minimum Gasteiger partial charge on any atom is -0.385 e. The second-order valence-corrected chi connectivity index (χ2v) is 4.22. The standard InChI is InChI=1S/C12H18N4O/c13-12(14)11-9-16(7-8-17-11)6-3-10-1-4-15-5-2-10/h1-2,4-5,11H,3,6-9H2,(H3,13,14). The van der Waals surface area contributed by atoms with Crippen molar-refractivity contribution in [3.05, 3.63) is 30.1 Å². The Kier molecular flexibility index (Phi) is 4.06. The molecule has 0 spiro atoms. The van der Waals surface area contributed by atoms with E-state index in [2.05, 4.69) is 9.88 Å². The Labute approximate surface area is 101 Å². The van der Waals surface area contributed by atoms with Gasteiger partial charge in [0.05, 0.1) is 6.61 Å². The van der Waals surface area contributed by atoms with E-state index in [0.29, 0.717) is 6.61 Å². The van der Waals surface area contributed by atoms with Gasteiger partial charge in [-0.1, -0.05) is 0 Å². The number of nitrogens with two attached hydrogens (primary N) is 1. The monoisotopic (exact) mass is 234 g/mol. The zero-order valence-corrected chi connectivity index (χ0v) is 9.80. The predicted molar refractivity (Wildman–Crippen MR) is 66.0 cm³/mol. The van der Waals surface area contributed by atoms with Gasteiger partial charge in [0.1, 0.15) is 11.9 Å². The number of hydrogen-bond donors (Lipinski definition) is 2. The van der Waals surface area contributed by atoms with E-state index >= 15 is 0 Å². The van der Waals surface area contributed by atoms with Crippen LogP contribution in [0.25, 0.3) is 0 Å². The number of nitrogens with zero attached hydrogens (tertiary/aromatic N) is 2. The van der Waals surface area contributed by atoms with Crippen molar-refractivity contribution in [1.29, 1.82) is 5.41 Å². The maximum absolute atomic E-state index is 7.39. The van der Waals surface area contributed by atoms with Gasteiger partial charge in [0.15, 0.2) is 0 Å². The van der Waals surface area contributed by atoms with E-state index in [1.54, 1.807) is 0 Å². The Morgan fingerprint density at radius 3 is 3.00 bits per heavy atom. The first kappa shape index (κ1) is 12.0. The van der Waals surface area contributed by atoms with Crippen LogP contribution in [0, 0.1) is 5.41 Å². The smallest absolute Gasteiger partial charge is 0.127 e. The molecule has 3 N–H and O–H groups in total. The molecule has 2 heterocycles. The second kappa shape index (κ2) is 5.75.